The Hall–Kier alpha value is -1.35. The van der Waals surface area contributed by atoms with E-state index < -0.39 is 5.54 Å². The zero-order valence-electron chi connectivity index (χ0n) is 14.5. The van der Waals surface area contributed by atoms with Crippen LogP contribution in [0.15, 0.2) is 0 Å². The van der Waals surface area contributed by atoms with Gasteiger partial charge in [-0.15, -0.1) is 0 Å². The van der Waals surface area contributed by atoms with Gasteiger partial charge in [0, 0.05) is 5.56 Å². The van der Waals surface area contributed by atoms with Gasteiger partial charge < -0.3 is 10.4 Å². The molecule has 0 atom stereocenters. The maximum absolute atomic E-state index is 12.8. The van der Waals surface area contributed by atoms with Gasteiger partial charge in [-0.1, -0.05) is 13.8 Å². The monoisotopic (exact) mass is 291 g/mol. The van der Waals surface area contributed by atoms with Crippen molar-refractivity contribution in [2.24, 2.45) is 0 Å². The molecule has 0 bridgehead atoms. The molecule has 0 aliphatic heterocycles. The summed E-state index contributed by atoms with van der Waals surface area (Å²) in [4.78, 5) is 12.8. The fourth-order valence-electron chi connectivity index (χ4n) is 2.83. The number of aliphatic hydroxyl groups is 1. The van der Waals surface area contributed by atoms with Gasteiger partial charge in [-0.25, -0.2) is 0 Å². The van der Waals surface area contributed by atoms with Gasteiger partial charge in [-0.3, -0.25) is 4.79 Å². The minimum absolute atomic E-state index is 0.0341. The van der Waals surface area contributed by atoms with E-state index in [1.54, 1.807) is 0 Å². The van der Waals surface area contributed by atoms with E-state index in [-0.39, 0.29) is 12.5 Å². The van der Waals surface area contributed by atoms with Gasteiger partial charge in [0.1, 0.15) is 0 Å². The Kier molecular flexibility index (Phi) is 5.57. The van der Waals surface area contributed by atoms with Crippen molar-refractivity contribution in [3.8, 4) is 0 Å². The van der Waals surface area contributed by atoms with Crippen LogP contribution in [0.1, 0.15) is 64.9 Å². The lowest BCUT2D eigenvalue weighted by atomic mass is 9.87. The van der Waals surface area contributed by atoms with Crippen LogP contribution in [0.3, 0.4) is 0 Å². The summed E-state index contributed by atoms with van der Waals surface area (Å²) in [6, 6.07) is 0. The highest BCUT2D eigenvalue weighted by Gasteiger charge is 2.29. The molecule has 1 aromatic rings. The molecule has 3 heteroatoms. The van der Waals surface area contributed by atoms with Crippen molar-refractivity contribution in [2.75, 3.05) is 6.61 Å². The van der Waals surface area contributed by atoms with Gasteiger partial charge in [-0.05, 0) is 75.3 Å². The number of hydrogen-bond donors (Lipinski definition) is 2. The number of benzene rings is 1. The number of rotatable bonds is 5. The van der Waals surface area contributed by atoms with Crippen LogP contribution in [0.4, 0.5) is 0 Å². The van der Waals surface area contributed by atoms with Gasteiger partial charge in [0.15, 0.2) is 0 Å². The van der Waals surface area contributed by atoms with Crippen LogP contribution < -0.4 is 5.32 Å². The summed E-state index contributed by atoms with van der Waals surface area (Å²) in [6.45, 7) is 14.2. The Morgan fingerprint density at radius 2 is 1.29 bits per heavy atom. The van der Waals surface area contributed by atoms with E-state index in [0.29, 0.717) is 12.8 Å². The van der Waals surface area contributed by atoms with E-state index in [2.05, 4.69) is 26.1 Å². The van der Waals surface area contributed by atoms with Crippen LogP contribution in [0.25, 0.3) is 0 Å². The van der Waals surface area contributed by atoms with Crippen LogP contribution in [0.5, 0.6) is 0 Å². The molecule has 0 radical (unpaired) electrons. The number of amides is 1. The molecular formula is C18H29NO2. The molecule has 0 saturated carbocycles. The second kappa shape index (κ2) is 6.61. The van der Waals surface area contributed by atoms with E-state index in [9.17, 15) is 9.90 Å². The highest BCUT2D eigenvalue weighted by atomic mass is 16.3. The quantitative estimate of drug-likeness (QED) is 0.872. The van der Waals surface area contributed by atoms with Crippen LogP contribution in [-0.4, -0.2) is 23.2 Å². The molecule has 0 aliphatic carbocycles. The third-order valence-corrected chi connectivity index (χ3v) is 5.26. The minimum atomic E-state index is -0.525. The molecule has 1 rings (SSSR count). The molecule has 1 aromatic carbocycles. The summed E-state index contributed by atoms with van der Waals surface area (Å²) in [7, 11) is 0. The van der Waals surface area contributed by atoms with E-state index in [0.717, 1.165) is 16.7 Å². The summed E-state index contributed by atoms with van der Waals surface area (Å²) in [5.41, 5.74) is 5.90. The van der Waals surface area contributed by atoms with Crippen LogP contribution >= 0.6 is 0 Å². The molecular weight excluding hydrogens is 262 g/mol. The van der Waals surface area contributed by atoms with Crippen molar-refractivity contribution < 1.29 is 9.90 Å². The zero-order valence-corrected chi connectivity index (χ0v) is 14.5. The summed E-state index contributed by atoms with van der Waals surface area (Å²) in [6.07, 6.45) is 1.43. The van der Waals surface area contributed by atoms with Gasteiger partial charge in [0.2, 0.25) is 0 Å². The van der Waals surface area contributed by atoms with Gasteiger partial charge >= 0.3 is 0 Å². The van der Waals surface area contributed by atoms with Gasteiger partial charge in [-0.2, -0.15) is 0 Å². The SMILES string of the molecule is CCC(CC)(CO)NC(=O)c1c(C)c(C)c(C)c(C)c1C. The second-order valence-corrected chi connectivity index (χ2v) is 6.10. The third-order valence-electron chi connectivity index (χ3n) is 5.26. The smallest absolute Gasteiger partial charge is 0.252 e. The predicted molar refractivity (Wildman–Crippen MR) is 88.0 cm³/mol. The Bertz CT molecular complexity index is 505. The molecule has 0 fully saturated rings. The first-order chi connectivity index (χ1) is 9.74. The zero-order chi connectivity index (χ0) is 16.4. The highest BCUT2D eigenvalue weighted by molar-refractivity contribution is 5.98. The fourth-order valence-corrected chi connectivity index (χ4v) is 2.83. The number of aliphatic hydroxyl groups excluding tert-OH is 1. The molecule has 21 heavy (non-hydrogen) atoms. The standard InChI is InChI=1S/C18H29NO2/c1-8-18(9-2,10-20)19-17(21)16-14(6)12(4)11(3)13(5)15(16)7/h20H,8-10H2,1-7H3,(H,19,21). The van der Waals surface area contributed by atoms with E-state index >= 15 is 0 Å². The molecule has 0 heterocycles. The molecule has 118 valence electrons. The normalized spacial score (nSPS) is 11.6. The molecule has 0 saturated heterocycles. The molecule has 1 amide bonds. The molecule has 3 nitrogen and oxygen atoms in total. The van der Waals surface area contributed by atoms with E-state index in [4.69, 9.17) is 0 Å². The molecule has 2 N–H and O–H groups in total. The summed E-state index contributed by atoms with van der Waals surface area (Å²) in [5, 5.41) is 12.7. The summed E-state index contributed by atoms with van der Waals surface area (Å²) in [5.74, 6) is -0.0750. The second-order valence-electron chi connectivity index (χ2n) is 6.10. The maximum atomic E-state index is 12.8. The van der Waals surface area contributed by atoms with Crippen molar-refractivity contribution in [3.63, 3.8) is 0 Å². The molecule has 0 aliphatic rings. The topological polar surface area (TPSA) is 49.3 Å². The Morgan fingerprint density at radius 3 is 1.62 bits per heavy atom. The van der Waals surface area contributed by atoms with Crippen molar-refractivity contribution in [1.82, 2.24) is 5.32 Å². The Labute approximate surface area is 128 Å². The molecule has 0 unspecified atom stereocenters. The van der Waals surface area contributed by atoms with Crippen molar-refractivity contribution in [3.05, 3.63) is 33.4 Å². The fraction of sp³-hybridized carbons (Fsp3) is 0.611. The van der Waals surface area contributed by atoms with Crippen molar-refractivity contribution in [1.29, 1.82) is 0 Å². The number of carbonyl (C=O) groups is 1. The average molecular weight is 291 g/mol. The lowest BCUT2D eigenvalue weighted by Crippen LogP contribution is -2.50. The first kappa shape index (κ1) is 17.7. The maximum Gasteiger partial charge on any atom is 0.252 e. The van der Waals surface area contributed by atoms with E-state index in [1.807, 2.05) is 27.7 Å². The van der Waals surface area contributed by atoms with Gasteiger partial charge in [0.25, 0.3) is 5.91 Å². The summed E-state index contributed by atoms with van der Waals surface area (Å²) < 4.78 is 0. The van der Waals surface area contributed by atoms with Gasteiger partial charge in [0.05, 0.1) is 12.1 Å². The minimum Gasteiger partial charge on any atom is -0.394 e. The average Bonchev–Trinajstić information content (AvgIpc) is 2.49. The van der Waals surface area contributed by atoms with Crippen molar-refractivity contribution >= 4 is 5.91 Å². The largest absolute Gasteiger partial charge is 0.394 e. The van der Waals surface area contributed by atoms with Crippen molar-refractivity contribution in [2.45, 2.75) is 66.8 Å². The Morgan fingerprint density at radius 1 is 0.905 bits per heavy atom. The predicted octanol–water partition coefficient (Wildman–Crippen LogP) is 3.51. The van der Waals surface area contributed by atoms with E-state index in [1.165, 1.54) is 16.7 Å². The lowest BCUT2D eigenvalue weighted by Gasteiger charge is -2.31. The molecule has 0 aromatic heterocycles. The first-order valence-corrected chi connectivity index (χ1v) is 7.75. The number of hydrogen-bond acceptors (Lipinski definition) is 2. The Balaban J connectivity index is 3.32. The number of carbonyl (C=O) groups excluding carboxylic acids is 1. The molecule has 0 spiro atoms. The lowest BCUT2D eigenvalue weighted by molar-refractivity contribution is 0.0816. The number of nitrogens with one attached hydrogen (secondary N) is 1. The first-order valence-electron chi connectivity index (χ1n) is 7.75. The van der Waals surface area contributed by atoms with Crippen LogP contribution in [0, 0.1) is 34.6 Å². The third kappa shape index (κ3) is 3.13. The highest BCUT2D eigenvalue weighted by Crippen LogP contribution is 2.27. The van der Waals surface area contributed by atoms with Crippen LogP contribution in [-0.2, 0) is 0 Å². The summed E-state index contributed by atoms with van der Waals surface area (Å²) >= 11 is 0. The van der Waals surface area contributed by atoms with Crippen LogP contribution in [0.2, 0.25) is 0 Å².